The van der Waals surface area contributed by atoms with Gasteiger partial charge in [0.2, 0.25) is 0 Å². The van der Waals surface area contributed by atoms with Crippen molar-refractivity contribution in [1.29, 1.82) is 0 Å². The van der Waals surface area contributed by atoms with Gasteiger partial charge in [-0.15, -0.1) is 12.4 Å². The topological polar surface area (TPSA) is 37.4 Å². The molecule has 23 heavy (non-hydrogen) atoms. The molecule has 1 aromatic carbocycles. The molecule has 4 nitrogen and oxygen atoms in total. The van der Waals surface area contributed by atoms with Gasteiger partial charge in [0, 0.05) is 51.7 Å². The molecule has 0 spiro atoms. The number of benzene rings is 1. The van der Waals surface area contributed by atoms with Crippen molar-refractivity contribution >= 4 is 12.4 Å². The maximum Gasteiger partial charge on any atom is 0.0713 e. The molecule has 1 aliphatic rings. The van der Waals surface area contributed by atoms with Crippen LogP contribution >= 0.6 is 12.4 Å². The minimum absolute atomic E-state index is 0. The fourth-order valence-electron chi connectivity index (χ4n) is 3.07. The second-order valence-corrected chi connectivity index (χ2v) is 5.72. The van der Waals surface area contributed by atoms with Crippen LogP contribution in [-0.4, -0.2) is 36.6 Å². The van der Waals surface area contributed by atoms with E-state index in [0.29, 0.717) is 12.6 Å². The van der Waals surface area contributed by atoms with Crippen LogP contribution in [0.1, 0.15) is 22.7 Å². The van der Waals surface area contributed by atoms with Crippen molar-refractivity contribution in [3.63, 3.8) is 0 Å². The number of rotatable bonds is 5. The van der Waals surface area contributed by atoms with E-state index in [2.05, 4.69) is 51.6 Å². The molecular weight excluding hydrogens is 310 g/mol. The molecule has 124 valence electrons. The lowest BCUT2D eigenvalue weighted by Gasteiger charge is -2.36. The fraction of sp³-hybridized carbons (Fsp3) is 0.389. The lowest BCUT2D eigenvalue weighted by Crippen LogP contribution is -2.45. The van der Waals surface area contributed by atoms with E-state index >= 15 is 0 Å². The monoisotopic (exact) mass is 333 g/mol. The zero-order valence-corrected chi connectivity index (χ0v) is 14.3. The molecule has 1 atom stereocenters. The molecule has 1 aromatic heterocycles. The van der Waals surface area contributed by atoms with Gasteiger partial charge < -0.3 is 10.1 Å². The maximum absolute atomic E-state index is 5.23. The Morgan fingerprint density at radius 3 is 2.78 bits per heavy atom. The van der Waals surface area contributed by atoms with Gasteiger partial charge >= 0.3 is 0 Å². The Bertz CT molecular complexity index is 594. The van der Waals surface area contributed by atoms with Crippen molar-refractivity contribution in [1.82, 2.24) is 15.2 Å². The molecule has 1 fully saturated rings. The van der Waals surface area contributed by atoms with Gasteiger partial charge in [-0.05, 0) is 28.8 Å². The van der Waals surface area contributed by atoms with E-state index in [4.69, 9.17) is 4.74 Å². The molecular formula is C18H24ClN3O. The number of pyridine rings is 1. The largest absolute Gasteiger partial charge is 0.380 e. The number of methoxy groups -OCH3 is 1. The summed E-state index contributed by atoms with van der Waals surface area (Å²) in [6.07, 6.45) is 3.75. The first-order valence-corrected chi connectivity index (χ1v) is 7.78. The summed E-state index contributed by atoms with van der Waals surface area (Å²) in [7, 11) is 1.74. The minimum atomic E-state index is 0. The van der Waals surface area contributed by atoms with Gasteiger partial charge in [-0.25, -0.2) is 0 Å². The number of halogens is 1. The summed E-state index contributed by atoms with van der Waals surface area (Å²) in [5.74, 6) is 0. The molecule has 5 heteroatoms. The Morgan fingerprint density at radius 2 is 2.00 bits per heavy atom. The molecule has 1 N–H and O–H groups in total. The van der Waals surface area contributed by atoms with E-state index in [1.165, 1.54) is 16.7 Å². The highest BCUT2D eigenvalue weighted by molar-refractivity contribution is 5.85. The summed E-state index contributed by atoms with van der Waals surface area (Å²) in [5.41, 5.74) is 3.90. The van der Waals surface area contributed by atoms with Crippen LogP contribution < -0.4 is 5.32 Å². The molecule has 1 aliphatic heterocycles. The standard InChI is InChI=1S/C18H23N3O.ClH/c1-22-14-16-4-2-3-15(11-16)13-21-10-9-20-12-18(21)17-5-7-19-8-6-17;/h2-8,11,18,20H,9-10,12-14H2,1H3;1H. The highest BCUT2D eigenvalue weighted by Crippen LogP contribution is 2.24. The summed E-state index contributed by atoms with van der Waals surface area (Å²) in [4.78, 5) is 6.67. The molecule has 0 aliphatic carbocycles. The summed E-state index contributed by atoms with van der Waals surface area (Å²) in [5, 5.41) is 3.50. The molecule has 1 unspecified atom stereocenters. The van der Waals surface area contributed by atoms with Gasteiger partial charge in [-0.1, -0.05) is 24.3 Å². The van der Waals surface area contributed by atoms with Gasteiger partial charge in [0.15, 0.2) is 0 Å². The number of hydrogen-bond donors (Lipinski definition) is 1. The van der Waals surface area contributed by atoms with E-state index in [-0.39, 0.29) is 12.4 Å². The molecule has 0 bridgehead atoms. The smallest absolute Gasteiger partial charge is 0.0713 e. The lowest BCUT2D eigenvalue weighted by molar-refractivity contribution is 0.153. The number of aromatic nitrogens is 1. The van der Waals surface area contributed by atoms with Gasteiger partial charge in [-0.2, -0.15) is 0 Å². The van der Waals surface area contributed by atoms with Gasteiger partial charge in [0.05, 0.1) is 6.61 Å². The van der Waals surface area contributed by atoms with Crippen molar-refractivity contribution in [2.75, 3.05) is 26.7 Å². The van der Waals surface area contributed by atoms with E-state index in [9.17, 15) is 0 Å². The average Bonchev–Trinajstić information content (AvgIpc) is 2.57. The molecule has 3 rings (SSSR count). The van der Waals surface area contributed by atoms with Crippen LogP contribution in [0.3, 0.4) is 0 Å². The van der Waals surface area contributed by atoms with Crippen LogP contribution in [0.5, 0.6) is 0 Å². The third-order valence-corrected chi connectivity index (χ3v) is 4.13. The van der Waals surface area contributed by atoms with Crippen LogP contribution in [0.4, 0.5) is 0 Å². The van der Waals surface area contributed by atoms with Crippen LogP contribution in [0.25, 0.3) is 0 Å². The summed E-state index contributed by atoms with van der Waals surface area (Å²) < 4.78 is 5.23. The number of hydrogen-bond acceptors (Lipinski definition) is 4. The third-order valence-electron chi connectivity index (χ3n) is 4.13. The molecule has 0 amide bonds. The van der Waals surface area contributed by atoms with Crippen molar-refractivity contribution in [3.05, 3.63) is 65.5 Å². The van der Waals surface area contributed by atoms with E-state index in [1.54, 1.807) is 7.11 Å². The zero-order valence-electron chi connectivity index (χ0n) is 13.4. The Labute approximate surface area is 144 Å². The Balaban J connectivity index is 0.00000192. The summed E-state index contributed by atoms with van der Waals surface area (Å²) >= 11 is 0. The van der Waals surface area contributed by atoms with Crippen molar-refractivity contribution in [2.45, 2.75) is 19.2 Å². The number of ether oxygens (including phenoxy) is 1. The van der Waals surface area contributed by atoms with Crippen LogP contribution in [0.2, 0.25) is 0 Å². The lowest BCUT2D eigenvalue weighted by atomic mass is 10.0. The zero-order chi connectivity index (χ0) is 15.2. The highest BCUT2D eigenvalue weighted by atomic mass is 35.5. The Morgan fingerprint density at radius 1 is 1.22 bits per heavy atom. The van der Waals surface area contributed by atoms with Crippen molar-refractivity contribution < 1.29 is 4.74 Å². The van der Waals surface area contributed by atoms with Crippen LogP contribution in [-0.2, 0) is 17.9 Å². The SMILES string of the molecule is COCc1cccc(CN2CCNCC2c2ccncc2)c1.Cl. The van der Waals surface area contributed by atoms with E-state index in [0.717, 1.165) is 26.2 Å². The first-order chi connectivity index (χ1) is 10.9. The number of piperazine rings is 1. The molecule has 2 heterocycles. The second-order valence-electron chi connectivity index (χ2n) is 5.72. The minimum Gasteiger partial charge on any atom is -0.380 e. The van der Waals surface area contributed by atoms with Gasteiger partial charge in [0.25, 0.3) is 0 Å². The summed E-state index contributed by atoms with van der Waals surface area (Å²) in [6, 6.07) is 13.3. The van der Waals surface area contributed by atoms with Crippen LogP contribution in [0, 0.1) is 0 Å². The van der Waals surface area contributed by atoms with Crippen molar-refractivity contribution in [2.24, 2.45) is 0 Å². The van der Waals surface area contributed by atoms with Gasteiger partial charge in [-0.3, -0.25) is 9.88 Å². The Kier molecular flexibility index (Phi) is 6.99. The predicted octanol–water partition coefficient (Wildman–Crippen LogP) is 2.80. The first kappa shape index (κ1) is 17.9. The number of nitrogens with one attached hydrogen (secondary N) is 1. The molecule has 2 aromatic rings. The van der Waals surface area contributed by atoms with Gasteiger partial charge in [0.1, 0.15) is 0 Å². The van der Waals surface area contributed by atoms with E-state index < -0.39 is 0 Å². The highest BCUT2D eigenvalue weighted by Gasteiger charge is 2.23. The third kappa shape index (κ3) is 4.75. The molecule has 1 saturated heterocycles. The Hall–Kier alpha value is -1.46. The molecule has 0 radical (unpaired) electrons. The van der Waals surface area contributed by atoms with E-state index in [1.807, 2.05) is 12.4 Å². The first-order valence-electron chi connectivity index (χ1n) is 7.78. The van der Waals surface area contributed by atoms with Crippen LogP contribution in [0.15, 0.2) is 48.8 Å². The maximum atomic E-state index is 5.23. The average molecular weight is 334 g/mol. The molecule has 0 saturated carbocycles. The normalized spacial score (nSPS) is 18.4. The van der Waals surface area contributed by atoms with Crippen molar-refractivity contribution in [3.8, 4) is 0 Å². The second kappa shape index (κ2) is 8.99. The summed E-state index contributed by atoms with van der Waals surface area (Å²) in [6.45, 7) is 4.72. The quantitative estimate of drug-likeness (QED) is 0.913. The number of nitrogens with zero attached hydrogens (tertiary/aromatic N) is 2. The predicted molar refractivity (Wildman–Crippen MR) is 94.7 cm³/mol. The fourth-order valence-corrected chi connectivity index (χ4v) is 3.07.